The quantitative estimate of drug-likeness (QED) is 0.372. The Kier molecular flexibility index (Phi) is 6.50. The van der Waals surface area contributed by atoms with Gasteiger partial charge in [-0.2, -0.15) is 13.2 Å². The normalized spacial score (nSPS) is 14.6. The molecule has 2 heterocycles. The summed E-state index contributed by atoms with van der Waals surface area (Å²) in [7, 11) is 0. The Labute approximate surface area is 191 Å². The van der Waals surface area contributed by atoms with Crippen LogP contribution in [0.4, 0.5) is 24.5 Å². The Bertz CT molecular complexity index is 1140. The summed E-state index contributed by atoms with van der Waals surface area (Å²) in [6.45, 7) is 1.35. The number of rotatable bonds is 6. The largest absolute Gasteiger partial charge is 0.416 e. The van der Waals surface area contributed by atoms with E-state index in [0.717, 1.165) is 27.4 Å². The van der Waals surface area contributed by atoms with Crippen LogP contribution in [0, 0.1) is 10.1 Å². The van der Waals surface area contributed by atoms with E-state index in [1.807, 2.05) is 24.3 Å². The number of piperazine rings is 1. The third kappa shape index (κ3) is 5.24. The summed E-state index contributed by atoms with van der Waals surface area (Å²) in [6.07, 6.45) is -2.90. The molecule has 1 fully saturated rings. The Hall–Kier alpha value is -3.21. The zero-order valence-corrected chi connectivity index (χ0v) is 18.4. The topological polar surface area (TPSA) is 79.6 Å². The second kappa shape index (κ2) is 9.34. The summed E-state index contributed by atoms with van der Waals surface area (Å²) in [6, 6.07) is 10.4. The maximum absolute atomic E-state index is 12.9. The fraction of sp³-hybridized carbons (Fsp3) is 0.364. The highest BCUT2D eigenvalue weighted by molar-refractivity contribution is 7.18. The van der Waals surface area contributed by atoms with Crippen LogP contribution >= 0.6 is 11.3 Å². The number of aromatic nitrogens is 1. The van der Waals surface area contributed by atoms with Crippen molar-refractivity contribution in [2.45, 2.75) is 25.4 Å². The van der Waals surface area contributed by atoms with Crippen molar-refractivity contribution in [1.29, 1.82) is 0 Å². The van der Waals surface area contributed by atoms with Gasteiger partial charge in [0.1, 0.15) is 5.69 Å². The first kappa shape index (κ1) is 23.0. The molecule has 1 aliphatic rings. The fourth-order valence-electron chi connectivity index (χ4n) is 3.89. The van der Waals surface area contributed by atoms with Crippen LogP contribution < -0.4 is 4.90 Å². The predicted molar refractivity (Wildman–Crippen MR) is 119 cm³/mol. The van der Waals surface area contributed by atoms with Gasteiger partial charge in [0.25, 0.3) is 5.69 Å². The minimum atomic E-state index is -4.65. The number of alkyl halides is 3. The van der Waals surface area contributed by atoms with Gasteiger partial charge in [0.15, 0.2) is 0 Å². The molecule has 2 aromatic carbocycles. The van der Waals surface area contributed by atoms with Gasteiger partial charge in [0.05, 0.1) is 25.7 Å². The molecule has 11 heteroatoms. The number of benzene rings is 2. The Morgan fingerprint density at radius 2 is 1.85 bits per heavy atom. The van der Waals surface area contributed by atoms with E-state index in [9.17, 15) is 28.1 Å². The lowest BCUT2D eigenvalue weighted by atomic mass is 10.1. The number of aryl methyl sites for hydroxylation is 1. The molecule has 1 aliphatic heterocycles. The zero-order chi connectivity index (χ0) is 23.6. The van der Waals surface area contributed by atoms with Gasteiger partial charge < -0.3 is 9.80 Å². The van der Waals surface area contributed by atoms with Crippen LogP contribution in [0.15, 0.2) is 42.5 Å². The van der Waals surface area contributed by atoms with Crippen molar-refractivity contribution in [2.75, 3.05) is 31.1 Å². The Morgan fingerprint density at radius 1 is 1.12 bits per heavy atom. The molecule has 1 saturated heterocycles. The number of fused-ring (bicyclic) bond motifs is 1. The monoisotopic (exact) mass is 478 g/mol. The van der Waals surface area contributed by atoms with Crippen molar-refractivity contribution < 1.29 is 22.9 Å². The third-order valence-corrected chi connectivity index (χ3v) is 6.69. The minimum absolute atomic E-state index is 0.00215. The fourth-order valence-corrected chi connectivity index (χ4v) is 4.90. The van der Waals surface area contributed by atoms with Crippen molar-refractivity contribution in [3.8, 4) is 0 Å². The van der Waals surface area contributed by atoms with E-state index in [2.05, 4.69) is 4.98 Å². The molecule has 7 nitrogen and oxygen atoms in total. The molecular formula is C22H21F3N4O3S. The van der Waals surface area contributed by atoms with Gasteiger partial charge in [-0.15, -0.1) is 11.3 Å². The first-order chi connectivity index (χ1) is 15.7. The number of hydrogen-bond donors (Lipinski definition) is 0. The van der Waals surface area contributed by atoms with E-state index in [4.69, 9.17) is 0 Å². The van der Waals surface area contributed by atoms with Crippen molar-refractivity contribution in [2.24, 2.45) is 0 Å². The second-order valence-electron chi connectivity index (χ2n) is 7.76. The third-order valence-electron chi connectivity index (χ3n) is 5.59. The highest BCUT2D eigenvalue weighted by atomic mass is 32.1. The van der Waals surface area contributed by atoms with Crippen molar-refractivity contribution >= 4 is 38.8 Å². The first-order valence-electron chi connectivity index (χ1n) is 10.4. The molecule has 1 amide bonds. The smallest absolute Gasteiger partial charge is 0.362 e. The highest BCUT2D eigenvalue weighted by Gasteiger charge is 2.34. The van der Waals surface area contributed by atoms with E-state index in [1.54, 1.807) is 21.1 Å². The summed E-state index contributed by atoms with van der Waals surface area (Å²) in [4.78, 5) is 31.1. The van der Waals surface area contributed by atoms with E-state index >= 15 is 0 Å². The lowest BCUT2D eigenvalue weighted by molar-refractivity contribution is -0.384. The number of nitro benzene ring substituents is 1. The van der Waals surface area contributed by atoms with Gasteiger partial charge in [-0.1, -0.05) is 12.1 Å². The SMILES string of the molecule is O=C(CCCc1nc2ccccc2s1)N1CCN(c2ccc(C(F)(F)F)cc2[N+](=O)[O-])CC1. The zero-order valence-electron chi connectivity index (χ0n) is 17.5. The van der Waals surface area contributed by atoms with Crippen LogP contribution in [0.1, 0.15) is 23.4 Å². The lowest BCUT2D eigenvalue weighted by Crippen LogP contribution is -2.48. The molecule has 0 atom stereocenters. The van der Waals surface area contributed by atoms with Crippen molar-refractivity contribution in [1.82, 2.24) is 9.88 Å². The standard InChI is InChI=1S/C22H21F3N4O3S/c23-22(24,25)15-8-9-17(18(14-15)29(31)32)27-10-12-28(13-11-27)21(30)7-3-6-20-26-16-4-1-2-5-19(16)33-20/h1-2,4-5,8-9,14H,3,6-7,10-13H2. The Morgan fingerprint density at radius 3 is 2.52 bits per heavy atom. The number of halogens is 3. The number of para-hydroxylation sites is 1. The van der Waals surface area contributed by atoms with Gasteiger partial charge >= 0.3 is 6.18 Å². The number of nitro groups is 1. The van der Waals surface area contributed by atoms with E-state index < -0.39 is 22.4 Å². The second-order valence-corrected chi connectivity index (χ2v) is 8.87. The van der Waals surface area contributed by atoms with Gasteiger partial charge in [-0.25, -0.2) is 4.98 Å². The molecule has 4 rings (SSSR count). The molecule has 0 saturated carbocycles. The average molecular weight is 478 g/mol. The van der Waals surface area contributed by atoms with Crippen LogP contribution in [-0.2, 0) is 17.4 Å². The van der Waals surface area contributed by atoms with Crippen LogP contribution in [0.5, 0.6) is 0 Å². The van der Waals surface area contributed by atoms with E-state index in [-0.39, 0.29) is 11.6 Å². The molecular weight excluding hydrogens is 457 g/mol. The molecule has 0 N–H and O–H groups in total. The Balaban J connectivity index is 1.32. The summed E-state index contributed by atoms with van der Waals surface area (Å²) in [5.41, 5.74) is -0.548. The lowest BCUT2D eigenvalue weighted by Gasteiger charge is -2.36. The van der Waals surface area contributed by atoms with Crippen LogP contribution in [0.25, 0.3) is 10.2 Å². The summed E-state index contributed by atoms with van der Waals surface area (Å²) >= 11 is 1.62. The van der Waals surface area contributed by atoms with E-state index in [1.165, 1.54) is 0 Å². The van der Waals surface area contributed by atoms with Crippen molar-refractivity contribution in [3.05, 3.63) is 63.1 Å². The molecule has 0 aliphatic carbocycles. The molecule has 174 valence electrons. The maximum Gasteiger partial charge on any atom is 0.416 e. The number of nitrogens with zero attached hydrogens (tertiary/aromatic N) is 4. The van der Waals surface area contributed by atoms with Crippen LogP contribution in [0.3, 0.4) is 0 Å². The van der Waals surface area contributed by atoms with Gasteiger partial charge in [-0.05, 0) is 37.1 Å². The molecule has 0 bridgehead atoms. The highest BCUT2D eigenvalue weighted by Crippen LogP contribution is 2.36. The molecule has 3 aromatic rings. The van der Waals surface area contributed by atoms with E-state index in [0.29, 0.717) is 51.5 Å². The maximum atomic E-state index is 12.9. The average Bonchev–Trinajstić information content (AvgIpc) is 3.21. The molecule has 0 radical (unpaired) electrons. The number of thiazole rings is 1. The van der Waals surface area contributed by atoms with Gasteiger partial charge in [0.2, 0.25) is 5.91 Å². The van der Waals surface area contributed by atoms with Gasteiger partial charge in [-0.3, -0.25) is 14.9 Å². The first-order valence-corrected chi connectivity index (χ1v) is 11.3. The summed E-state index contributed by atoms with van der Waals surface area (Å²) < 4.78 is 39.9. The van der Waals surface area contributed by atoms with Gasteiger partial charge in [0, 0.05) is 38.7 Å². The number of carbonyl (C=O) groups is 1. The number of anilines is 1. The van der Waals surface area contributed by atoms with Crippen LogP contribution in [0.2, 0.25) is 0 Å². The predicted octanol–water partition coefficient (Wildman–Crippen LogP) is 4.89. The summed E-state index contributed by atoms with van der Waals surface area (Å²) in [5, 5.41) is 12.3. The van der Waals surface area contributed by atoms with Crippen molar-refractivity contribution in [3.63, 3.8) is 0 Å². The molecule has 1 aromatic heterocycles. The summed E-state index contributed by atoms with van der Waals surface area (Å²) in [5.74, 6) is -0.00215. The number of carbonyl (C=O) groups excluding carboxylic acids is 1. The molecule has 0 spiro atoms. The number of amides is 1. The van der Waals surface area contributed by atoms with Crippen LogP contribution in [-0.4, -0.2) is 46.9 Å². The molecule has 0 unspecified atom stereocenters. The number of hydrogen-bond acceptors (Lipinski definition) is 6. The minimum Gasteiger partial charge on any atom is -0.362 e. The molecule has 33 heavy (non-hydrogen) atoms.